The lowest BCUT2D eigenvalue weighted by Crippen LogP contribution is -2.11. The number of aromatic nitrogens is 2. The van der Waals surface area contributed by atoms with E-state index in [2.05, 4.69) is 15.5 Å². The number of nitrogens with zero attached hydrogens (tertiary/aromatic N) is 2. The van der Waals surface area contributed by atoms with Crippen molar-refractivity contribution < 1.29 is 9.21 Å². The minimum atomic E-state index is -0.335. The van der Waals surface area contributed by atoms with Crippen LogP contribution in [0.4, 0.5) is 6.01 Å². The summed E-state index contributed by atoms with van der Waals surface area (Å²) in [5.41, 5.74) is 3.43. The van der Waals surface area contributed by atoms with Gasteiger partial charge in [-0.1, -0.05) is 34.4 Å². The first kappa shape index (κ1) is 15.2. The SMILES string of the molecule is Cc1ccc(C)c(-c2nnc(NC(=O)c3ccc(Cl)cc3)o2)c1. The molecule has 0 bridgehead atoms. The van der Waals surface area contributed by atoms with Gasteiger partial charge in [-0.2, -0.15) is 0 Å². The lowest BCUT2D eigenvalue weighted by molar-refractivity contribution is 0.102. The fourth-order valence-corrected chi connectivity index (χ4v) is 2.25. The highest BCUT2D eigenvalue weighted by atomic mass is 35.5. The zero-order valence-corrected chi connectivity index (χ0v) is 13.4. The molecular formula is C17H14ClN3O2. The second-order valence-corrected chi connectivity index (χ2v) is 5.63. The molecule has 5 nitrogen and oxygen atoms in total. The van der Waals surface area contributed by atoms with Crippen LogP contribution in [-0.2, 0) is 0 Å². The van der Waals surface area contributed by atoms with Crippen LogP contribution in [0.2, 0.25) is 5.02 Å². The van der Waals surface area contributed by atoms with Gasteiger partial charge in [0.15, 0.2) is 0 Å². The van der Waals surface area contributed by atoms with Crippen LogP contribution in [0, 0.1) is 13.8 Å². The summed E-state index contributed by atoms with van der Waals surface area (Å²) in [5.74, 6) is 0.0374. The molecule has 0 radical (unpaired) electrons. The normalized spacial score (nSPS) is 10.6. The molecule has 0 unspecified atom stereocenters. The largest absolute Gasteiger partial charge is 0.403 e. The Morgan fingerprint density at radius 1 is 1.09 bits per heavy atom. The van der Waals surface area contributed by atoms with Crippen molar-refractivity contribution in [1.82, 2.24) is 10.2 Å². The molecule has 0 aliphatic rings. The lowest BCUT2D eigenvalue weighted by Gasteiger charge is -2.02. The van der Waals surface area contributed by atoms with Crippen LogP contribution in [0.15, 0.2) is 46.9 Å². The average molecular weight is 328 g/mol. The summed E-state index contributed by atoms with van der Waals surface area (Å²) in [4.78, 5) is 12.1. The number of amides is 1. The minimum Gasteiger partial charge on any atom is -0.403 e. The predicted molar refractivity (Wildman–Crippen MR) is 88.6 cm³/mol. The topological polar surface area (TPSA) is 68.0 Å². The molecule has 0 saturated carbocycles. The van der Waals surface area contributed by atoms with E-state index in [0.717, 1.165) is 16.7 Å². The van der Waals surface area contributed by atoms with Crippen LogP contribution >= 0.6 is 11.6 Å². The summed E-state index contributed by atoms with van der Waals surface area (Å²) in [6.45, 7) is 3.95. The van der Waals surface area contributed by atoms with E-state index in [4.69, 9.17) is 16.0 Å². The molecule has 3 rings (SSSR count). The summed E-state index contributed by atoms with van der Waals surface area (Å²) < 4.78 is 5.54. The zero-order chi connectivity index (χ0) is 16.4. The molecule has 0 atom stereocenters. The van der Waals surface area contributed by atoms with E-state index in [1.165, 1.54) is 0 Å². The van der Waals surface area contributed by atoms with E-state index in [0.29, 0.717) is 16.5 Å². The van der Waals surface area contributed by atoms with Crippen molar-refractivity contribution in [2.24, 2.45) is 0 Å². The van der Waals surface area contributed by atoms with Crippen molar-refractivity contribution in [3.8, 4) is 11.5 Å². The van der Waals surface area contributed by atoms with Gasteiger partial charge in [0.25, 0.3) is 5.91 Å². The van der Waals surface area contributed by atoms with Crippen LogP contribution < -0.4 is 5.32 Å². The Kier molecular flexibility index (Phi) is 4.12. The number of hydrogen-bond acceptors (Lipinski definition) is 4. The van der Waals surface area contributed by atoms with E-state index in [9.17, 15) is 4.79 Å². The fourth-order valence-electron chi connectivity index (χ4n) is 2.12. The van der Waals surface area contributed by atoms with Crippen LogP contribution in [0.5, 0.6) is 0 Å². The van der Waals surface area contributed by atoms with Crippen LogP contribution in [0.3, 0.4) is 0 Å². The molecule has 0 aliphatic carbocycles. The van der Waals surface area contributed by atoms with Crippen LogP contribution in [0.25, 0.3) is 11.5 Å². The van der Waals surface area contributed by atoms with Crippen molar-refractivity contribution >= 4 is 23.5 Å². The van der Waals surface area contributed by atoms with Gasteiger partial charge >= 0.3 is 6.01 Å². The van der Waals surface area contributed by atoms with Crippen LogP contribution in [-0.4, -0.2) is 16.1 Å². The fraction of sp³-hybridized carbons (Fsp3) is 0.118. The zero-order valence-electron chi connectivity index (χ0n) is 12.6. The summed E-state index contributed by atoms with van der Waals surface area (Å²) >= 11 is 5.80. The molecule has 1 aromatic heterocycles. The van der Waals surface area contributed by atoms with Crippen molar-refractivity contribution in [3.63, 3.8) is 0 Å². The van der Waals surface area contributed by atoms with Gasteiger partial charge < -0.3 is 4.42 Å². The third-order valence-electron chi connectivity index (χ3n) is 3.38. The number of halogens is 1. The van der Waals surface area contributed by atoms with Crippen molar-refractivity contribution in [1.29, 1.82) is 0 Å². The predicted octanol–water partition coefficient (Wildman–Crippen LogP) is 4.26. The first-order valence-electron chi connectivity index (χ1n) is 7.01. The standard InChI is InChI=1S/C17H14ClN3O2/c1-10-3-4-11(2)14(9-10)16-20-21-17(23-16)19-15(22)12-5-7-13(18)8-6-12/h3-9H,1-2H3,(H,19,21,22). The Labute approximate surface area is 138 Å². The molecule has 2 aromatic carbocycles. The Bertz CT molecular complexity index is 857. The van der Waals surface area contributed by atoms with Crippen molar-refractivity contribution in [2.75, 3.05) is 5.32 Å². The lowest BCUT2D eigenvalue weighted by atomic mass is 10.1. The maximum atomic E-state index is 12.1. The highest BCUT2D eigenvalue weighted by Gasteiger charge is 2.14. The number of anilines is 1. The van der Waals surface area contributed by atoms with Gasteiger partial charge in [0.1, 0.15) is 0 Å². The third-order valence-corrected chi connectivity index (χ3v) is 3.63. The molecule has 1 heterocycles. The maximum Gasteiger partial charge on any atom is 0.322 e. The Hall–Kier alpha value is -2.66. The summed E-state index contributed by atoms with van der Waals surface area (Å²) in [7, 11) is 0. The van der Waals surface area contributed by atoms with E-state index in [-0.39, 0.29) is 11.9 Å². The summed E-state index contributed by atoms with van der Waals surface area (Å²) in [5, 5.41) is 11.0. The molecule has 0 spiro atoms. The highest BCUT2D eigenvalue weighted by Crippen LogP contribution is 2.24. The first-order chi connectivity index (χ1) is 11.0. The number of hydrogen-bond donors (Lipinski definition) is 1. The number of benzene rings is 2. The molecule has 0 saturated heterocycles. The van der Waals surface area contributed by atoms with Gasteiger partial charge in [-0.15, -0.1) is 5.10 Å². The summed E-state index contributed by atoms with van der Waals surface area (Å²) in [6, 6.07) is 12.6. The van der Waals surface area contributed by atoms with Crippen molar-refractivity contribution in [3.05, 3.63) is 64.2 Å². The Morgan fingerprint density at radius 3 is 2.57 bits per heavy atom. The van der Waals surface area contributed by atoms with Gasteiger partial charge in [0.2, 0.25) is 5.89 Å². The molecule has 1 amide bonds. The Balaban J connectivity index is 1.81. The molecule has 3 aromatic rings. The smallest absolute Gasteiger partial charge is 0.322 e. The minimum absolute atomic E-state index is 0.0563. The number of nitrogens with one attached hydrogen (secondary N) is 1. The van der Waals surface area contributed by atoms with Gasteiger partial charge in [-0.3, -0.25) is 10.1 Å². The second kappa shape index (κ2) is 6.22. The van der Waals surface area contributed by atoms with E-state index < -0.39 is 0 Å². The second-order valence-electron chi connectivity index (χ2n) is 5.19. The number of aryl methyl sites for hydroxylation is 2. The Morgan fingerprint density at radius 2 is 1.83 bits per heavy atom. The molecule has 116 valence electrons. The monoisotopic (exact) mass is 327 g/mol. The molecule has 6 heteroatoms. The molecule has 0 aliphatic heterocycles. The first-order valence-corrected chi connectivity index (χ1v) is 7.39. The van der Waals surface area contributed by atoms with E-state index in [1.807, 2.05) is 32.0 Å². The quantitative estimate of drug-likeness (QED) is 0.780. The van der Waals surface area contributed by atoms with Crippen molar-refractivity contribution in [2.45, 2.75) is 13.8 Å². The van der Waals surface area contributed by atoms with Gasteiger partial charge in [-0.05, 0) is 49.7 Å². The maximum absolute atomic E-state index is 12.1. The number of carbonyl (C=O) groups excluding carboxylic acids is 1. The molecular weight excluding hydrogens is 314 g/mol. The molecule has 1 N–H and O–H groups in total. The number of rotatable bonds is 3. The number of carbonyl (C=O) groups is 1. The molecule has 0 fully saturated rings. The van der Waals surface area contributed by atoms with Gasteiger partial charge in [0.05, 0.1) is 0 Å². The molecule has 23 heavy (non-hydrogen) atoms. The van der Waals surface area contributed by atoms with Crippen LogP contribution in [0.1, 0.15) is 21.5 Å². The van der Waals surface area contributed by atoms with E-state index in [1.54, 1.807) is 24.3 Å². The van der Waals surface area contributed by atoms with Gasteiger partial charge in [-0.25, -0.2) is 0 Å². The third kappa shape index (κ3) is 3.40. The average Bonchev–Trinajstić information content (AvgIpc) is 2.98. The van der Waals surface area contributed by atoms with Gasteiger partial charge in [0, 0.05) is 16.1 Å². The summed E-state index contributed by atoms with van der Waals surface area (Å²) in [6.07, 6.45) is 0. The van der Waals surface area contributed by atoms with E-state index >= 15 is 0 Å². The highest BCUT2D eigenvalue weighted by molar-refractivity contribution is 6.30.